The second-order valence-corrected chi connectivity index (χ2v) is 4.25. The highest BCUT2D eigenvalue weighted by Crippen LogP contribution is 2.10. The second-order valence-electron chi connectivity index (χ2n) is 4.25. The van der Waals surface area contributed by atoms with E-state index in [1.807, 2.05) is 6.20 Å². The van der Waals surface area contributed by atoms with Gasteiger partial charge in [0, 0.05) is 12.4 Å². The van der Waals surface area contributed by atoms with Gasteiger partial charge in [-0.3, -0.25) is 0 Å². The summed E-state index contributed by atoms with van der Waals surface area (Å²) in [6, 6.07) is 4.18. The first kappa shape index (κ1) is 10.2. The molecule has 2 N–H and O–H groups in total. The van der Waals surface area contributed by atoms with Crippen LogP contribution in [0.5, 0.6) is 0 Å². The minimum Gasteiger partial charge on any atom is -0.330 e. The second kappa shape index (κ2) is 4.03. The monoisotopic (exact) mass is 203 g/mol. The molecule has 0 saturated heterocycles. The summed E-state index contributed by atoms with van der Waals surface area (Å²) < 4.78 is 2.06. The van der Waals surface area contributed by atoms with E-state index in [9.17, 15) is 0 Å². The molecule has 0 spiro atoms. The standard InChI is InChI=1S/C12H17N3/c1-9-3-4-15-8-11(5-10(2)7-13)14-12(15)6-9/h3-4,6,8,10H,5,7,13H2,1-2H3. The Kier molecular flexibility index (Phi) is 2.73. The van der Waals surface area contributed by atoms with E-state index in [1.165, 1.54) is 5.56 Å². The van der Waals surface area contributed by atoms with E-state index in [-0.39, 0.29) is 0 Å². The Bertz CT molecular complexity index is 459. The predicted molar refractivity (Wildman–Crippen MR) is 61.9 cm³/mol. The first-order valence-electron chi connectivity index (χ1n) is 5.33. The Labute approximate surface area is 89.9 Å². The number of pyridine rings is 1. The van der Waals surface area contributed by atoms with E-state index >= 15 is 0 Å². The first-order valence-corrected chi connectivity index (χ1v) is 5.33. The highest BCUT2D eigenvalue weighted by Gasteiger charge is 2.05. The summed E-state index contributed by atoms with van der Waals surface area (Å²) in [5, 5.41) is 0. The van der Waals surface area contributed by atoms with Gasteiger partial charge in [-0.1, -0.05) is 6.92 Å². The fourth-order valence-corrected chi connectivity index (χ4v) is 1.67. The van der Waals surface area contributed by atoms with Crippen LogP contribution in [0.15, 0.2) is 24.5 Å². The zero-order valence-electron chi connectivity index (χ0n) is 9.27. The number of hydrogen-bond acceptors (Lipinski definition) is 2. The van der Waals surface area contributed by atoms with Crippen molar-refractivity contribution in [3.8, 4) is 0 Å². The van der Waals surface area contributed by atoms with Crippen LogP contribution in [0.25, 0.3) is 5.65 Å². The lowest BCUT2D eigenvalue weighted by molar-refractivity contribution is 0.586. The van der Waals surface area contributed by atoms with Gasteiger partial charge in [0.2, 0.25) is 0 Å². The van der Waals surface area contributed by atoms with Crippen molar-refractivity contribution in [2.75, 3.05) is 6.54 Å². The number of nitrogens with two attached hydrogens (primary N) is 1. The predicted octanol–water partition coefficient (Wildman–Crippen LogP) is 1.78. The maximum atomic E-state index is 5.60. The van der Waals surface area contributed by atoms with Gasteiger partial charge in [-0.2, -0.15) is 0 Å². The van der Waals surface area contributed by atoms with Crippen LogP contribution in [0.3, 0.4) is 0 Å². The van der Waals surface area contributed by atoms with Gasteiger partial charge < -0.3 is 10.1 Å². The molecule has 1 unspecified atom stereocenters. The van der Waals surface area contributed by atoms with Gasteiger partial charge in [-0.25, -0.2) is 4.98 Å². The van der Waals surface area contributed by atoms with Gasteiger partial charge in [-0.15, -0.1) is 0 Å². The molecule has 2 heterocycles. The average Bonchev–Trinajstić information content (AvgIpc) is 2.59. The molecule has 0 aliphatic heterocycles. The van der Waals surface area contributed by atoms with E-state index in [2.05, 4.69) is 41.6 Å². The zero-order valence-corrected chi connectivity index (χ0v) is 9.27. The smallest absolute Gasteiger partial charge is 0.137 e. The lowest BCUT2D eigenvalue weighted by Crippen LogP contribution is -2.13. The van der Waals surface area contributed by atoms with Crippen LogP contribution in [0.1, 0.15) is 18.2 Å². The molecule has 0 aliphatic carbocycles. The Morgan fingerprint density at radius 3 is 3.07 bits per heavy atom. The molecule has 2 rings (SSSR count). The lowest BCUT2D eigenvalue weighted by Gasteiger charge is -2.03. The van der Waals surface area contributed by atoms with Crippen LogP contribution in [0.2, 0.25) is 0 Å². The Balaban J connectivity index is 2.30. The quantitative estimate of drug-likeness (QED) is 0.826. The van der Waals surface area contributed by atoms with Crippen LogP contribution in [-0.4, -0.2) is 15.9 Å². The summed E-state index contributed by atoms with van der Waals surface area (Å²) in [4.78, 5) is 4.57. The molecule has 3 heteroatoms. The van der Waals surface area contributed by atoms with Crippen molar-refractivity contribution in [1.82, 2.24) is 9.38 Å². The van der Waals surface area contributed by atoms with Gasteiger partial charge in [0.15, 0.2) is 0 Å². The zero-order chi connectivity index (χ0) is 10.8. The normalized spacial score (nSPS) is 13.3. The molecule has 0 bridgehead atoms. The minimum atomic E-state index is 0.496. The van der Waals surface area contributed by atoms with Crippen LogP contribution < -0.4 is 5.73 Å². The van der Waals surface area contributed by atoms with E-state index < -0.39 is 0 Å². The maximum absolute atomic E-state index is 5.60. The van der Waals surface area contributed by atoms with Crippen molar-refractivity contribution < 1.29 is 0 Å². The summed E-state index contributed by atoms with van der Waals surface area (Å²) in [6.07, 6.45) is 5.09. The van der Waals surface area contributed by atoms with Crippen molar-refractivity contribution in [2.45, 2.75) is 20.3 Å². The molecule has 0 aromatic carbocycles. The molecule has 80 valence electrons. The first-order chi connectivity index (χ1) is 7.19. The highest BCUT2D eigenvalue weighted by molar-refractivity contribution is 5.42. The van der Waals surface area contributed by atoms with Gasteiger partial charge in [0.05, 0.1) is 5.69 Å². The molecule has 0 saturated carbocycles. The summed E-state index contributed by atoms with van der Waals surface area (Å²) in [5.74, 6) is 0.496. The van der Waals surface area contributed by atoms with E-state index in [4.69, 9.17) is 5.73 Å². The fraction of sp³-hybridized carbons (Fsp3) is 0.417. The number of imidazole rings is 1. The molecule has 0 amide bonds. The van der Waals surface area contributed by atoms with Crippen LogP contribution in [-0.2, 0) is 6.42 Å². The lowest BCUT2D eigenvalue weighted by atomic mass is 10.1. The molecule has 0 radical (unpaired) electrons. The number of hydrogen-bond donors (Lipinski definition) is 1. The number of fused-ring (bicyclic) bond motifs is 1. The summed E-state index contributed by atoms with van der Waals surface area (Å²) in [7, 11) is 0. The number of aromatic nitrogens is 2. The van der Waals surface area contributed by atoms with Crippen molar-refractivity contribution >= 4 is 5.65 Å². The summed E-state index contributed by atoms with van der Waals surface area (Å²) in [5.41, 5.74) is 8.99. The molecule has 15 heavy (non-hydrogen) atoms. The molecule has 1 atom stereocenters. The number of rotatable bonds is 3. The summed E-state index contributed by atoms with van der Waals surface area (Å²) in [6.45, 7) is 4.94. The Morgan fingerprint density at radius 2 is 2.33 bits per heavy atom. The van der Waals surface area contributed by atoms with Crippen LogP contribution in [0.4, 0.5) is 0 Å². The van der Waals surface area contributed by atoms with Crippen molar-refractivity contribution in [3.05, 3.63) is 35.8 Å². The van der Waals surface area contributed by atoms with E-state index in [0.717, 1.165) is 17.8 Å². The third-order valence-corrected chi connectivity index (χ3v) is 2.63. The van der Waals surface area contributed by atoms with E-state index in [0.29, 0.717) is 12.5 Å². The largest absolute Gasteiger partial charge is 0.330 e. The fourth-order valence-electron chi connectivity index (χ4n) is 1.67. The minimum absolute atomic E-state index is 0.496. The highest BCUT2D eigenvalue weighted by atomic mass is 15.0. The van der Waals surface area contributed by atoms with Crippen LogP contribution >= 0.6 is 0 Å². The topological polar surface area (TPSA) is 43.3 Å². The van der Waals surface area contributed by atoms with E-state index in [1.54, 1.807) is 0 Å². The molecule has 0 fully saturated rings. The summed E-state index contributed by atoms with van der Waals surface area (Å²) >= 11 is 0. The van der Waals surface area contributed by atoms with Gasteiger partial charge in [0.25, 0.3) is 0 Å². The third-order valence-electron chi connectivity index (χ3n) is 2.63. The Hall–Kier alpha value is -1.35. The molecular weight excluding hydrogens is 186 g/mol. The van der Waals surface area contributed by atoms with Gasteiger partial charge >= 0.3 is 0 Å². The molecule has 2 aromatic heterocycles. The SMILES string of the molecule is Cc1ccn2cc(CC(C)CN)nc2c1. The molecular formula is C12H17N3. The van der Waals surface area contributed by atoms with Gasteiger partial charge in [0.1, 0.15) is 5.65 Å². The van der Waals surface area contributed by atoms with Crippen LogP contribution in [0, 0.1) is 12.8 Å². The van der Waals surface area contributed by atoms with Crippen molar-refractivity contribution in [2.24, 2.45) is 11.7 Å². The van der Waals surface area contributed by atoms with Crippen molar-refractivity contribution in [3.63, 3.8) is 0 Å². The maximum Gasteiger partial charge on any atom is 0.137 e. The third kappa shape index (κ3) is 2.18. The molecule has 3 nitrogen and oxygen atoms in total. The van der Waals surface area contributed by atoms with Gasteiger partial charge in [-0.05, 0) is 43.5 Å². The van der Waals surface area contributed by atoms with Crippen molar-refractivity contribution in [1.29, 1.82) is 0 Å². The average molecular weight is 203 g/mol. The number of nitrogens with zero attached hydrogens (tertiary/aromatic N) is 2. The molecule has 0 aliphatic rings. The number of aryl methyl sites for hydroxylation is 1. The Morgan fingerprint density at radius 1 is 1.53 bits per heavy atom. The molecule has 2 aromatic rings.